The van der Waals surface area contributed by atoms with Crippen molar-refractivity contribution in [3.8, 4) is 0 Å². The van der Waals surface area contributed by atoms with E-state index in [2.05, 4.69) is 55.4 Å². The van der Waals surface area contributed by atoms with Crippen molar-refractivity contribution in [1.29, 1.82) is 0 Å². The first kappa shape index (κ1) is 64.3. The van der Waals surface area contributed by atoms with Crippen molar-refractivity contribution in [3.05, 3.63) is 0 Å². The van der Waals surface area contributed by atoms with E-state index in [1.807, 2.05) is 0 Å². The second-order valence-electron chi connectivity index (χ2n) is 8.62. The van der Waals surface area contributed by atoms with Gasteiger partial charge in [-0.1, -0.05) is 107 Å². The summed E-state index contributed by atoms with van der Waals surface area (Å²) in [6, 6.07) is 0. The monoisotopic (exact) mass is 698 g/mol. The summed E-state index contributed by atoms with van der Waals surface area (Å²) in [6.07, 6.45) is 16.3. The van der Waals surface area contributed by atoms with Crippen molar-refractivity contribution in [1.82, 2.24) is 0 Å². The van der Waals surface area contributed by atoms with Crippen LogP contribution in [0, 0.1) is 0 Å². The second-order valence-corrected chi connectivity index (χ2v) is 8.62. The Morgan fingerprint density at radius 3 is 0.293 bits per heavy atom. The number of aliphatic hydroxyl groups excluding tert-OH is 8. The number of aliphatic hydroxyl groups is 8. The van der Waals surface area contributed by atoms with E-state index < -0.39 is 0 Å². The summed E-state index contributed by atoms with van der Waals surface area (Å²) in [5.41, 5.74) is 0. The summed E-state index contributed by atoms with van der Waals surface area (Å²) >= 11 is 0. The van der Waals surface area contributed by atoms with Crippen molar-refractivity contribution in [2.24, 2.45) is 0 Å². The van der Waals surface area contributed by atoms with Gasteiger partial charge in [-0.25, -0.2) is 0 Å². The maximum atomic E-state index is 8.07. The molecule has 0 saturated heterocycles. The molecule has 0 radical (unpaired) electrons. The van der Waals surface area contributed by atoms with Crippen molar-refractivity contribution in [3.63, 3.8) is 0 Å². The van der Waals surface area contributed by atoms with Gasteiger partial charge in [0.1, 0.15) is 0 Å². The molecule has 8 N–H and O–H groups in total. The molecule has 0 aliphatic carbocycles. The third-order valence-electron chi connectivity index (χ3n) is 4.09. The minimum Gasteiger partial charge on any atom is -0.396 e. The van der Waals surface area contributed by atoms with Crippen LogP contribution in [0.5, 0.6) is 0 Å². The molecule has 41 heavy (non-hydrogen) atoms. The molecule has 266 valence electrons. The van der Waals surface area contributed by atoms with Crippen LogP contribution in [0.15, 0.2) is 0 Å². The second kappa shape index (κ2) is 105. The van der Waals surface area contributed by atoms with E-state index in [0.29, 0.717) is 52.9 Å². The van der Waals surface area contributed by atoms with E-state index in [-0.39, 0.29) is 20.4 Å². The summed E-state index contributed by atoms with van der Waals surface area (Å²) in [6.45, 7) is 19.2. The SMILES string of the molecule is CCCCO.CCCCO.CCCCO.CCCCO.CCCCO.CCCCO.CCCCO.CCCCO.[Pd]. The summed E-state index contributed by atoms with van der Waals surface area (Å²) in [4.78, 5) is 0. The van der Waals surface area contributed by atoms with Crippen molar-refractivity contribution in [2.75, 3.05) is 52.9 Å². The van der Waals surface area contributed by atoms with Gasteiger partial charge in [-0.2, -0.15) is 0 Å². The van der Waals surface area contributed by atoms with E-state index in [9.17, 15) is 0 Å². The summed E-state index contributed by atoms with van der Waals surface area (Å²) < 4.78 is 0. The molecule has 0 aromatic heterocycles. The fraction of sp³-hybridized carbons (Fsp3) is 1.00. The number of unbranched alkanes of at least 4 members (excludes halogenated alkanes) is 8. The molecule has 0 amide bonds. The van der Waals surface area contributed by atoms with Crippen molar-refractivity contribution in [2.45, 2.75) is 158 Å². The predicted molar refractivity (Wildman–Crippen MR) is 176 cm³/mol. The Kier molecular flexibility index (Phi) is 165. The maximum Gasteiger partial charge on any atom is 0.0430 e. The van der Waals surface area contributed by atoms with Gasteiger partial charge in [-0.15, -0.1) is 0 Å². The smallest absolute Gasteiger partial charge is 0.0430 e. The van der Waals surface area contributed by atoms with Crippen LogP contribution in [-0.4, -0.2) is 93.7 Å². The third kappa shape index (κ3) is 222. The normalized spacial score (nSPS) is 8.20. The number of hydrogen-bond donors (Lipinski definition) is 8. The molecule has 9 heteroatoms. The summed E-state index contributed by atoms with van der Waals surface area (Å²) in [7, 11) is 0. The topological polar surface area (TPSA) is 162 Å². The molecule has 0 aliphatic heterocycles. The molecule has 0 rings (SSSR count). The third-order valence-corrected chi connectivity index (χ3v) is 4.09. The Morgan fingerprint density at radius 2 is 0.293 bits per heavy atom. The molecule has 0 spiro atoms. The van der Waals surface area contributed by atoms with Gasteiger partial charge in [0.25, 0.3) is 0 Å². The molecule has 0 bridgehead atoms. The Bertz CT molecular complexity index is 168. The average molecular weight is 699 g/mol. The molecular formula is C32H80O8Pd. The van der Waals surface area contributed by atoms with Crippen LogP contribution in [0.1, 0.15) is 158 Å². The average Bonchev–Trinajstić information content (AvgIpc) is 2.95. The van der Waals surface area contributed by atoms with Crippen LogP contribution < -0.4 is 0 Å². The molecule has 0 aromatic carbocycles. The van der Waals surface area contributed by atoms with E-state index in [0.717, 1.165) is 103 Å². The molecule has 8 nitrogen and oxygen atoms in total. The van der Waals surface area contributed by atoms with E-state index in [4.69, 9.17) is 40.9 Å². The largest absolute Gasteiger partial charge is 0.396 e. The molecule has 0 unspecified atom stereocenters. The Morgan fingerprint density at radius 1 is 0.220 bits per heavy atom. The van der Waals surface area contributed by atoms with E-state index in [1.165, 1.54) is 0 Å². The Balaban J connectivity index is -0.0000000406. The zero-order chi connectivity index (χ0) is 33.0. The first-order valence-corrected chi connectivity index (χ1v) is 16.2. The number of hydrogen-bond acceptors (Lipinski definition) is 8. The summed E-state index contributed by atoms with van der Waals surface area (Å²) in [5.74, 6) is 0. The van der Waals surface area contributed by atoms with Crippen LogP contribution in [0.4, 0.5) is 0 Å². The molecule has 0 aromatic rings. The van der Waals surface area contributed by atoms with Crippen LogP contribution in [0.3, 0.4) is 0 Å². The molecular weight excluding hydrogens is 619 g/mol. The minimum absolute atomic E-state index is 0. The Labute approximate surface area is 271 Å². The molecule has 0 atom stereocenters. The molecule has 0 fully saturated rings. The van der Waals surface area contributed by atoms with Crippen LogP contribution in [-0.2, 0) is 20.4 Å². The maximum absolute atomic E-state index is 8.07. The van der Waals surface area contributed by atoms with Crippen LogP contribution in [0.25, 0.3) is 0 Å². The standard InChI is InChI=1S/8C4H10O.Pd/c8*1-2-3-4-5;/h8*5H,2-4H2,1H3;. The van der Waals surface area contributed by atoms with Gasteiger partial charge in [-0.05, 0) is 51.4 Å². The van der Waals surface area contributed by atoms with Gasteiger partial charge in [0, 0.05) is 73.3 Å². The molecule has 0 heterocycles. The first-order valence-electron chi connectivity index (χ1n) is 16.2. The van der Waals surface area contributed by atoms with E-state index in [1.54, 1.807) is 0 Å². The van der Waals surface area contributed by atoms with Crippen LogP contribution >= 0.6 is 0 Å². The van der Waals surface area contributed by atoms with E-state index >= 15 is 0 Å². The van der Waals surface area contributed by atoms with Crippen LogP contribution in [0.2, 0.25) is 0 Å². The Hall–Kier alpha value is 0.342. The van der Waals surface area contributed by atoms with Gasteiger partial charge >= 0.3 is 0 Å². The van der Waals surface area contributed by atoms with Gasteiger partial charge < -0.3 is 40.9 Å². The fourth-order valence-corrected chi connectivity index (χ4v) is 1.26. The zero-order valence-corrected chi connectivity index (χ0v) is 30.4. The predicted octanol–water partition coefficient (Wildman–Crippen LogP) is 6.23. The van der Waals surface area contributed by atoms with Crippen molar-refractivity contribution >= 4 is 0 Å². The number of rotatable bonds is 16. The minimum atomic E-state index is 0. The molecule has 0 aliphatic rings. The van der Waals surface area contributed by atoms with Gasteiger partial charge in [-0.3, -0.25) is 0 Å². The zero-order valence-electron chi connectivity index (χ0n) is 28.9. The molecule has 0 saturated carbocycles. The quantitative estimate of drug-likeness (QED) is 0.0881. The van der Waals surface area contributed by atoms with Gasteiger partial charge in [0.05, 0.1) is 0 Å². The van der Waals surface area contributed by atoms with Gasteiger partial charge in [0.15, 0.2) is 0 Å². The summed E-state index contributed by atoms with van der Waals surface area (Å²) in [5, 5.41) is 64.5. The first-order chi connectivity index (χ1) is 19.3. The van der Waals surface area contributed by atoms with Crippen molar-refractivity contribution < 1.29 is 61.3 Å². The van der Waals surface area contributed by atoms with Gasteiger partial charge in [0.2, 0.25) is 0 Å². The fourth-order valence-electron chi connectivity index (χ4n) is 1.26.